The standard InChI is InChI=1S/C12H22N2O2/c1-10(8-11-2-3-11)14-6-4-13(5-7-14)9-12(15)16/h10-11H,2-9H2,1H3,(H,15,16). The predicted molar refractivity (Wildman–Crippen MR) is 62.5 cm³/mol. The highest BCUT2D eigenvalue weighted by Crippen LogP contribution is 2.34. The van der Waals surface area contributed by atoms with Crippen molar-refractivity contribution < 1.29 is 9.90 Å². The third-order valence-corrected chi connectivity index (χ3v) is 3.76. The van der Waals surface area contributed by atoms with Gasteiger partial charge in [-0.2, -0.15) is 0 Å². The molecule has 1 saturated carbocycles. The maximum Gasteiger partial charge on any atom is 0.317 e. The minimum absolute atomic E-state index is 0.199. The molecule has 92 valence electrons. The highest BCUT2D eigenvalue weighted by molar-refractivity contribution is 5.69. The van der Waals surface area contributed by atoms with Gasteiger partial charge in [0.25, 0.3) is 0 Å². The summed E-state index contributed by atoms with van der Waals surface area (Å²) in [7, 11) is 0. The first kappa shape index (κ1) is 11.9. The van der Waals surface area contributed by atoms with Crippen molar-refractivity contribution in [1.29, 1.82) is 0 Å². The van der Waals surface area contributed by atoms with Crippen molar-refractivity contribution in [3.8, 4) is 0 Å². The van der Waals surface area contributed by atoms with E-state index in [1.54, 1.807) is 0 Å². The molecule has 4 heteroatoms. The summed E-state index contributed by atoms with van der Waals surface area (Å²) in [6.07, 6.45) is 4.17. The molecule has 0 aromatic rings. The second-order valence-electron chi connectivity index (χ2n) is 5.23. The van der Waals surface area contributed by atoms with E-state index < -0.39 is 5.97 Å². The van der Waals surface area contributed by atoms with E-state index in [2.05, 4.69) is 11.8 Å². The smallest absolute Gasteiger partial charge is 0.317 e. The molecular weight excluding hydrogens is 204 g/mol. The molecule has 2 aliphatic rings. The molecule has 16 heavy (non-hydrogen) atoms. The van der Waals surface area contributed by atoms with Crippen molar-refractivity contribution in [2.24, 2.45) is 5.92 Å². The molecule has 0 spiro atoms. The third kappa shape index (κ3) is 3.46. The second kappa shape index (κ2) is 5.15. The van der Waals surface area contributed by atoms with E-state index in [9.17, 15) is 4.79 Å². The number of carbonyl (C=O) groups is 1. The van der Waals surface area contributed by atoms with E-state index in [-0.39, 0.29) is 6.54 Å². The van der Waals surface area contributed by atoms with Crippen LogP contribution in [0.15, 0.2) is 0 Å². The van der Waals surface area contributed by atoms with Crippen molar-refractivity contribution >= 4 is 5.97 Å². The zero-order valence-electron chi connectivity index (χ0n) is 10.1. The van der Waals surface area contributed by atoms with Gasteiger partial charge in [0.05, 0.1) is 6.54 Å². The van der Waals surface area contributed by atoms with E-state index in [4.69, 9.17) is 5.11 Å². The van der Waals surface area contributed by atoms with Crippen molar-refractivity contribution in [2.45, 2.75) is 32.2 Å². The Balaban J connectivity index is 1.69. The van der Waals surface area contributed by atoms with E-state index in [0.29, 0.717) is 6.04 Å². The number of hydrogen-bond donors (Lipinski definition) is 1. The summed E-state index contributed by atoms with van der Waals surface area (Å²) in [5.41, 5.74) is 0. The molecule has 1 aliphatic carbocycles. The van der Waals surface area contributed by atoms with Crippen molar-refractivity contribution in [3.63, 3.8) is 0 Å². The van der Waals surface area contributed by atoms with Crippen LogP contribution < -0.4 is 0 Å². The summed E-state index contributed by atoms with van der Waals surface area (Å²) in [5, 5.41) is 8.71. The molecule has 2 fully saturated rings. The maximum absolute atomic E-state index is 10.6. The number of rotatable bonds is 5. The van der Waals surface area contributed by atoms with Gasteiger partial charge >= 0.3 is 5.97 Å². The molecule has 0 bridgehead atoms. The minimum Gasteiger partial charge on any atom is -0.480 e. The number of hydrogen-bond acceptors (Lipinski definition) is 3. The van der Waals surface area contributed by atoms with Crippen LogP contribution in [0.3, 0.4) is 0 Å². The fourth-order valence-corrected chi connectivity index (χ4v) is 2.54. The largest absolute Gasteiger partial charge is 0.480 e. The average Bonchev–Trinajstić information content (AvgIpc) is 3.01. The van der Waals surface area contributed by atoms with Crippen LogP contribution in [0.1, 0.15) is 26.2 Å². The zero-order chi connectivity index (χ0) is 11.5. The van der Waals surface area contributed by atoms with Gasteiger partial charge in [0, 0.05) is 32.2 Å². The van der Waals surface area contributed by atoms with E-state index >= 15 is 0 Å². The summed E-state index contributed by atoms with van der Waals surface area (Å²) in [4.78, 5) is 15.1. The summed E-state index contributed by atoms with van der Waals surface area (Å²) in [6.45, 7) is 6.38. The summed E-state index contributed by atoms with van der Waals surface area (Å²) in [6, 6.07) is 0.680. The molecule has 0 aromatic heterocycles. The molecule has 1 aliphatic heterocycles. The highest BCUT2D eigenvalue weighted by Gasteiger charge is 2.28. The Kier molecular flexibility index (Phi) is 3.82. The lowest BCUT2D eigenvalue weighted by atomic mass is 10.1. The van der Waals surface area contributed by atoms with Crippen molar-refractivity contribution in [1.82, 2.24) is 9.80 Å². The van der Waals surface area contributed by atoms with Gasteiger partial charge in [-0.3, -0.25) is 14.6 Å². The number of nitrogens with zero attached hydrogens (tertiary/aromatic N) is 2. The normalized spacial score (nSPS) is 25.6. The molecule has 0 aromatic carbocycles. The predicted octanol–water partition coefficient (Wildman–Crippen LogP) is 0.877. The Bertz CT molecular complexity index is 245. The first-order valence-corrected chi connectivity index (χ1v) is 6.33. The molecule has 0 amide bonds. The second-order valence-corrected chi connectivity index (χ2v) is 5.23. The first-order valence-electron chi connectivity index (χ1n) is 6.33. The Morgan fingerprint density at radius 1 is 1.31 bits per heavy atom. The molecule has 4 nitrogen and oxygen atoms in total. The van der Waals surface area contributed by atoms with E-state index in [1.165, 1.54) is 19.3 Å². The van der Waals surface area contributed by atoms with Gasteiger partial charge < -0.3 is 5.11 Å². The number of carboxylic acid groups (broad SMARTS) is 1. The molecule has 1 N–H and O–H groups in total. The van der Waals surface area contributed by atoms with Crippen LogP contribution in [-0.4, -0.2) is 59.6 Å². The van der Waals surface area contributed by atoms with E-state index in [1.807, 2.05) is 4.90 Å². The highest BCUT2D eigenvalue weighted by atomic mass is 16.4. The Morgan fingerprint density at radius 2 is 1.94 bits per heavy atom. The van der Waals surface area contributed by atoms with Gasteiger partial charge in [-0.1, -0.05) is 12.8 Å². The van der Waals surface area contributed by atoms with Crippen LogP contribution in [0.2, 0.25) is 0 Å². The van der Waals surface area contributed by atoms with Crippen LogP contribution in [0, 0.1) is 5.92 Å². The Morgan fingerprint density at radius 3 is 2.44 bits per heavy atom. The molecular formula is C12H22N2O2. The lowest BCUT2D eigenvalue weighted by Gasteiger charge is -2.37. The molecule has 1 heterocycles. The summed E-state index contributed by atoms with van der Waals surface area (Å²) < 4.78 is 0. The van der Waals surface area contributed by atoms with Gasteiger partial charge in [-0.05, 0) is 19.3 Å². The SMILES string of the molecule is CC(CC1CC1)N1CCN(CC(=O)O)CC1. The fourth-order valence-electron chi connectivity index (χ4n) is 2.54. The third-order valence-electron chi connectivity index (χ3n) is 3.76. The van der Waals surface area contributed by atoms with Gasteiger partial charge in [-0.25, -0.2) is 0 Å². The summed E-state index contributed by atoms with van der Waals surface area (Å²) in [5.74, 6) is 0.270. The average molecular weight is 226 g/mol. The molecule has 0 radical (unpaired) electrons. The lowest BCUT2D eigenvalue weighted by Crippen LogP contribution is -2.50. The van der Waals surface area contributed by atoms with Gasteiger partial charge in [-0.15, -0.1) is 0 Å². The molecule has 2 rings (SSSR count). The van der Waals surface area contributed by atoms with E-state index in [0.717, 1.165) is 32.1 Å². The van der Waals surface area contributed by atoms with Gasteiger partial charge in [0.15, 0.2) is 0 Å². The van der Waals surface area contributed by atoms with Crippen molar-refractivity contribution in [3.05, 3.63) is 0 Å². The fraction of sp³-hybridized carbons (Fsp3) is 0.917. The molecule has 1 saturated heterocycles. The maximum atomic E-state index is 10.6. The molecule has 1 unspecified atom stereocenters. The zero-order valence-corrected chi connectivity index (χ0v) is 10.1. The first-order chi connectivity index (χ1) is 7.65. The van der Waals surface area contributed by atoms with Crippen LogP contribution in [0.5, 0.6) is 0 Å². The van der Waals surface area contributed by atoms with Gasteiger partial charge in [0.1, 0.15) is 0 Å². The topological polar surface area (TPSA) is 43.8 Å². The number of piperazine rings is 1. The summed E-state index contributed by atoms with van der Waals surface area (Å²) >= 11 is 0. The van der Waals surface area contributed by atoms with Crippen LogP contribution in [-0.2, 0) is 4.79 Å². The number of aliphatic carboxylic acids is 1. The van der Waals surface area contributed by atoms with Gasteiger partial charge in [0.2, 0.25) is 0 Å². The minimum atomic E-state index is -0.709. The van der Waals surface area contributed by atoms with Crippen LogP contribution in [0.25, 0.3) is 0 Å². The van der Waals surface area contributed by atoms with Crippen LogP contribution >= 0.6 is 0 Å². The molecule has 1 atom stereocenters. The quantitative estimate of drug-likeness (QED) is 0.755. The monoisotopic (exact) mass is 226 g/mol. The lowest BCUT2D eigenvalue weighted by molar-refractivity contribution is -0.138. The number of carboxylic acids is 1. The Hall–Kier alpha value is -0.610. The van der Waals surface area contributed by atoms with Crippen LogP contribution in [0.4, 0.5) is 0 Å². The Labute approximate surface area is 97.2 Å². The van der Waals surface area contributed by atoms with Crippen molar-refractivity contribution in [2.75, 3.05) is 32.7 Å².